The molecule has 0 saturated carbocycles. The first-order valence-electron chi connectivity index (χ1n) is 8.54. The van der Waals surface area contributed by atoms with Crippen LogP contribution in [0.3, 0.4) is 0 Å². The fraction of sp³-hybridized carbons (Fsp3) is 0.238. The Morgan fingerprint density at radius 2 is 1.92 bits per heavy atom. The zero-order valence-electron chi connectivity index (χ0n) is 15.2. The van der Waals surface area contributed by atoms with E-state index in [0.717, 1.165) is 21.8 Å². The Morgan fingerprint density at radius 3 is 2.65 bits per heavy atom. The molecule has 3 aromatic rings. The van der Waals surface area contributed by atoms with Crippen LogP contribution in [-0.2, 0) is 11.3 Å². The Labute approximate surface area is 157 Å². The first kappa shape index (κ1) is 18.1. The fourth-order valence-electron chi connectivity index (χ4n) is 2.47. The Bertz CT molecular complexity index is 890. The largest absolute Gasteiger partial charge is 0.481 e. The van der Waals surface area contributed by atoms with Gasteiger partial charge < -0.3 is 10.1 Å². The van der Waals surface area contributed by atoms with Crippen molar-refractivity contribution in [2.45, 2.75) is 33.4 Å². The molecule has 0 bridgehead atoms. The number of carbonyl (C=O) groups excluding carboxylic acids is 1. The highest BCUT2D eigenvalue weighted by molar-refractivity contribution is 7.13. The molecular formula is C21H22N2O2S. The van der Waals surface area contributed by atoms with Gasteiger partial charge in [0.15, 0.2) is 6.10 Å². The Morgan fingerprint density at radius 1 is 1.15 bits per heavy atom. The van der Waals surface area contributed by atoms with Crippen LogP contribution in [0, 0.1) is 13.8 Å². The minimum atomic E-state index is -0.565. The molecule has 134 valence electrons. The van der Waals surface area contributed by atoms with E-state index in [1.54, 1.807) is 18.3 Å². The summed E-state index contributed by atoms with van der Waals surface area (Å²) in [5.74, 6) is 0.549. The monoisotopic (exact) mass is 366 g/mol. The molecule has 0 fully saturated rings. The summed E-state index contributed by atoms with van der Waals surface area (Å²) in [5, 5.41) is 5.81. The molecular weight excluding hydrogens is 344 g/mol. The second kappa shape index (κ2) is 8.15. The summed E-state index contributed by atoms with van der Waals surface area (Å²) >= 11 is 1.57. The number of thiazole rings is 1. The number of hydrogen-bond donors (Lipinski definition) is 1. The number of amides is 1. The molecule has 1 N–H and O–H groups in total. The number of hydrogen-bond acceptors (Lipinski definition) is 4. The summed E-state index contributed by atoms with van der Waals surface area (Å²) in [5.41, 5.74) is 4.28. The van der Waals surface area contributed by atoms with E-state index in [1.165, 1.54) is 5.56 Å². The summed E-state index contributed by atoms with van der Waals surface area (Å²) < 4.78 is 5.75. The number of ether oxygens (including phenoxy) is 1. The minimum absolute atomic E-state index is 0.155. The minimum Gasteiger partial charge on any atom is -0.481 e. The predicted octanol–water partition coefficient (Wildman–Crippen LogP) is 4.51. The lowest BCUT2D eigenvalue weighted by Crippen LogP contribution is -2.36. The lowest BCUT2D eigenvalue weighted by molar-refractivity contribution is -0.127. The molecule has 5 heteroatoms. The molecule has 1 aromatic heterocycles. The van der Waals surface area contributed by atoms with Gasteiger partial charge in [-0.15, -0.1) is 11.3 Å². The topological polar surface area (TPSA) is 51.2 Å². The number of nitrogens with one attached hydrogen (secondary N) is 1. The molecule has 26 heavy (non-hydrogen) atoms. The van der Waals surface area contributed by atoms with Crippen LogP contribution >= 0.6 is 11.3 Å². The van der Waals surface area contributed by atoms with Crippen molar-refractivity contribution in [3.63, 3.8) is 0 Å². The van der Waals surface area contributed by atoms with Crippen molar-refractivity contribution in [3.8, 4) is 16.3 Å². The van der Waals surface area contributed by atoms with Crippen LogP contribution in [0.5, 0.6) is 5.75 Å². The number of carbonyl (C=O) groups is 1. The fourth-order valence-corrected chi connectivity index (χ4v) is 3.29. The maximum atomic E-state index is 12.3. The van der Waals surface area contributed by atoms with Crippen LogP contribution in [0.15, 0.2) is 53.9 Å². The maximum absolute atomic E-state index is 12.3. The Balaban J connectivity index is 1.55. The molecule has 0 aliphatic carbocycles. The summed E-state index contributed by atoms with van der Waals surface area (Å²) in [4.78, 5) is 16.9. The number of benzene rings is 2. The number of nitrogens with zero attached hydrogens (tertiary/aromatic N) is 1. The molecule has 1 amide bonds. The van der Waals surface area contributed by atoms with Gasteiger partial charge in [0.1, 0.15) is 10.8 Å². The van der Waals surface area contributed by atoms with Crippen LogP contribution in [0.1, 0.15) is 23.7 Å². The third-order valence-corrected chi connectivity index (χ3v) is 5.12. The number of aryl methyl sites for hydroxylation is 2. The number of rotatable bonds is 6. The van der Waals surface area contributed by atoms with E-state index < -0.39 is 6.10 Å². The standard InChI is InChI=1S/C21H22N2O2S/c1-14-9-10-19(11-15(14)2)25-16(3)20(24)22-12-18-13-26-21(23-18)17-7-5-4-6-8-17/h4-11,13,16H,12H2,1-3H3,(H,22,24)/t16-/m1/s1. The first-order valence-corrected chi connectivity index (χ1v) is 9.42. The summed E-state index contributed by atoms with van der Waals surface area (Å²) in [7, 11) is 0. The van der Waals surface area contributed by atoms with E-state index in [4.69, 9.17) is 4.74 Å². The van der Waals surface area contributed by atoms with E-state index in [1.807, 2.05) is 67.8 Å². The van der Waals surface area contributed by atoms with Crippen molar-refractivity contribution in [1.29, 1.82) is 0 Å². The maximum Gasteiger partial charge on any atom is 0.261 e. The average molecular weight is 366 g/mol. The molecule has 3 rings (SSSR count). The second-order valence-corrected chi connectivity index (χ2v) is 7.09. The van der Waals surface area contributed by atoms with E-state index >= 15 is 0 Å². The van der Waals surface area contributed by atoms with Crippen molar-refractivity contribution in [2.24, 2.45) is 0 Å². The molecule has 0 saturated heterocycles. The lowest BCUT2D eigenvalue weighted by atomic mass is 10.1. The quantitative estimate of drug-likeness (QED) is 0.698. The van der Waals surface area contributed by atoms with Crippen LogP contribution in [0.2, 0.25) is 0 Å². The average Bonchev–Trinajstić information content (AvgIpc) is 3.12. The highest BCUT2D eigenvalue weighted by Crippen LogP contribution is 2.23. The van der Waals surface area contributed by atoms with E-state index in [9.17, 15) is 4.79 Å². The molecule has 0 unspecified atom stereocenters. The predicted molar refractivity (Wildman–Crippen MR) is 105 cm³/mol. The van der Waals surface area contributed by atoms with Crippen LogP contribution in [-0.4, -0.2) is 17.0 Å². The van der Waals surface area contributed by atoms with Gasteiger partial charge >= 0.3 is 0 Å². The third kappa shape index (κ3) is 4.49. The van der Waals surface area contributed by atoms with Gasteiger partial charge in [-0.25, -0.2) is 4.98 Å². The lowest BCUT2D eigenvalue weighted by Gasteiger charge is -2.15. The van der Waals surface area contributed by atoms with Crippen LogP contribution < -0.4 is 10.1 Å². The molecule has 1 heterocycles. The van der Waals surface area contributed by atoms with Gasteiger partial charge in [-0.05, 0) is 44.0 Å². The Kier molecular flexibility index (Phi) is 5.68. The van der Waals surface area contributed by atoms with Gasteiger partial charge in [0.2, 0.25) is 0 Å². The smallest absolute Gasteiger partial charge is 0.261 e. The van der Waals surface area contributed by atoms with E-state index in [-0.39, 0.29) is 5.91 Å². The summed E-state index contributed by atoms with van der Waals surface area (Å²) in [6.07, 6.45) is -0.565. The molecule has 0 radical (unpaired) electrons. The highest BCUT2D eigenvalue weighted by Gasteiger charge is 2.15. The third-order valence-electron chi connectivity index (χ3n) is 4.18. The van der Waals surface area contributed by atoms with Crippen LogP contribution in [0.4, 0.5) is 0 Å². The summed E-state index contributed by atoms with van der Waals surface area (Å²) in [6, 6.07) is 15.9. The molecule has 0 aliphatic heterocycles. The molecule has 2 aromatic carbocycles. The SMILES string of the molecule is Cc1ccc(O[C@H](C)C(=O)NCc2csc(-c3ccccc3)n2)cc1C. The van der Waals surface area contributed by atoms with Crippen molar-refractivity contribution in [1.82, 2.24) is 10.3 Å². The van der Waals surface area contributed by atoms with Gasteiger partial charge in [0.25, 0.3) is 5.91 Å². The molecule has 1 atom stereocenters. The van der Waals surface area contributed by atoms with Gasteiger partial charge in [0.05, 0.1) is 12.2 Å². The van der Waals surface area contributed by atoms with Crippen molar-refractivity contribution in [3.05, 3.63) is 70.7 Å². The highest BCUT2D eigenvalue weighted by atomic mass is 32.1. The van der Waals surface area contributed by atoms with Gasteiger partial charge in [-0.2, -0.15) is 0 Å². The van der Waals surface area contributed by atoms with Gasteiger partial charge in [-0.3, -0.25) is 4.79 Å². The van der Waals surface area contributed by atoms with Gasteiger partial charge in [0, 0.05) is 10.9 Å². The van der Waals surface area contributed by atoms with Crippen molar-refractivity contribution in [2.75, 3.05) is 0 Å². The second-order valence-electron chi connectivity index (χ2n) is 6.23. The van der Waals surface area contributed by atoms with Crippen molar-refractivity contribution < 1.29 is 9.53 Å². The van der Waals surface area contributed by atoms with Gasteiger partial charge in [-0.1, -0.05) is 36.4 Å². The Hall–Kier alpha value is -2.66. The number of aromatic nitrogens is 1. The van der Waals surface area contributed by atoms with E-state index in [0.29, 0.717) is 12.3 Å². The summed E-state index contributed by atoms with van der Waals surface area (Å²) in [6.45, 7) is 6.22. The molecule has 0 spiro atoms. The first-order chi connectivity index (χ1) is 12.5. The molecule has 0 aliphatic rings. The zero-order chi connectivity index (χ0) is 18.5. The molecule has 4 nitrogen and oxygen atoms in total. The zero-order valence-corrected chi connectivity index (χ0v) is 16.0. The van der Waals surface area contributed by atoms with Crippen LogP contribution in [0.25, 0.3) is 10.6 Å². The van der Waals surface area contributed by atoms with Crippen molar-refractivity contribution >= 4 is 17.2 Å². The normalized spacial score (nSPS) is 11.8. The van der Waals surface area contributed by atoms with E-state index in [2.05, 4.69) is 10.3 Å².